The molecule has 11 heteroatoms. The van der Waals surface area contributed by atoms with E-state index in [0.29, 0.717) is 36.5 Å². The van der Waals surface area contributed by atoms with Crippen molar-refractivity contribution in [3.8, 4) is 0 Å². The number of amides is 1. The van der Waals surface area contributed by atoms with Crippen LogP contribution in [0.2, 0.25) is 5.02 Å². The van der Waals surface area contributed by atoms with Gasteiger partial charge < -0.3 is 14.2 Å². The number of halogens is 1. The summed E-state index contributed by atoms with van der Waals surface area (Å²) in [6.45, 7) is 5.33. The van der Waals surface area contributed by atoms with Crippen molar-refractivity contribution in [1.29, 1.82) is 0 Å². The second kappa shape index (κ2) is 9.57. The van der Waals surface area contributed by atoms with Crippen LogP contribution in [0.3, 0.4) is 0 Å². The molecule has 192 valence electrons. The first kappa shape index (κ1) is 24.9. The van der Waals surface area contributed by atoms with Gasteiger partial charge in [0.1, 0.15) is 0 Å². The summed E-state index contributed by atoms with van der Waals surface area (Å²) >= 11 is 6.18. The molecular weight excluding hydrogens is 504 g/mol. The molecule has 9 nitrogen and oxygen atoms in total. The molecule has 3 heterocycles. The maximum atomic E-state index is 13.2. The van der Waals surface area contributed by atoms with Crippen molar-refractivity contribution in [2.75, 3.05) is 44.2 Å². The average molecular weight is 533 g/mol. The minimum Gasteiger partial charge on any atom is -0.408 e. The van der Waals surface area contributed by atoms with Crippen LogP contribution < -0.4 is 10.7 Å². The summed E-state index contributed by atoms with van der Waals surface area (Å²) in [6.07, 6.45) is 0.961. The Balaban J connectivity index is 1.20. The molecule has 0 atom stereocenters. The Kier molecular flexibility index (Phi) is 6.61. The van der Waals surface area contributed by atoms with E-state index >= 15 is 0 Å². The molecule has 1 aromatic heterocycles. The van der Waals surface area contributed by atoms with Gasteiger partial charge in [-0.25, -0.2) is 13.2 Å². The number of fused-ring (bicyclic) bond motifs is 1. The monoisotopic (exact) mass is 532 g/mol. The van der Waals surface area contributed by atoms with Crippen molar-refractivity contribution in [1.82, 2.24) is 13.8 Å². The Morgan fingerprint density at radius 1 is 1.00 bits per heavy atom. The Morgan fingerprint density at radius 3 is 2.39 bits per heavy atom. The fourth-order valence-corrected chi connectivity index (χ4v) is 6.77. The number of aryl methyl sites for hydroxylation is 2. The number of benzene rings is 2. The lowest BCUT2D eigenvalue weighted by molar-refractivity contribution is -0.137. The number of carbonyl (C=O) groups is 1. The van der Waals surface area contributed by atoms with Crippen molar-refractivity contribution in [2.24, 2.45) is 13.0 Å². The molecule has 2 aromatic carbocycles. The fraction of sp³-hybridized carbons (Fsp3) is 0.440. The molecule has 2 fully saturated rings. The lowest BCUT2D eigenvalue weighted by Gasteiger charge is -2.39. The summed E-state index contributed by atoms with van der Waals surface area (Å²) < 4.78 is 34.3. The first-order valence-corrected chi connectivity index (χ1v) is 13.9. The van der Waals surface area contributed by atoms with Crippen LogP contribution in [0.25, 0.3) is 11.1 Å². The van der Waals surface area contributed by atoms with Crippen LogP contribution in [0.4, 0.5) is 5.69 Å². The third kappa shape index (κ3) is 4.53. The Labute approximate surface area is 214 Å². The molecule has 0 radical (unpaired) electrons. The first-order chi connectivity index (χ1) is 17.1. The average Bonchev–Trinajstić information content (AvgIpc) is 3.17. The SMILES string of the molecule is Cc1ccc(Cl)cc1N1CCN(C(=O)C2CCN(S(=O)(=O)c3ccc4c(c3)oc(=O)n4C)CC2)CC1. The second-order valence-corrected chi connectivity index (χ2v) is 11.9. The van der Waals surface area contributed by atoms with E-state index in [1.54, 1.807) is 13.1 Å². The molecule has 5 rings (SSSR count). The quantitative estimate of drug-likeness (QED) is 0.512. The highest BCUT2D eigenvalue weighted by atomic mass is 35.5. The van der Waals surface area contributed by atoms with Crippen molar-refractivity contribution in [2.45, 2.75) is 24.7 Å². The van der Waals surface area contributed by atoms with E-state index in [2.05, 4.69) is 11.8 Å². The molecule has 3 aromatic rings. The van der Waals surface area contributed by atoms with Gasteiger partial charge in [-0.15, -0.1) is 0 Å². The van der Waals surface area contributed by atoms with Gasteiger partial charge in [-0.3, -0.25) is 9.36 Å². The summed E-state index contributed by atoms with van der Waals surface area (Å²) in [7, 11) is -2.19. The van der Waals surface area contributed by atoms with Crippen LogP contribution in [0.5, 0.6) is 0 Å². The maximum Gasteiger partial charge on any atom is 0.419 e. The smallest absolute Gasteiger partial charge is 0.408 e. The zero-order chi connectivity index (χ0) is 25.6. The van der Waals surface area contributed by atoms with Gasteiger partial charge in [0.15, 0.2) is 5.58 Å². The van der Waals surface area contributed by atoms with Crippen LogP contribution in [0, 0.1) is 12.8 Å². The zero-order valence-electron chi connectivity index (χ0n) is 20.3. The molecular formula is C25H29ClN4O5S. The number of hydrogen-bond acceptors (Lipinski definition) is 6. The van der Waals surface area contributed by atoms with Crippen molar-refractivity contribution in [3.63, 3.8) is 0 Å². The summed E-state index contributed by atoms with van der Waals surface area (Å²) in [4.78, 5) is 29.2. The highest BCUT2D eigenvalue weighted by molar-refractivity contribution is 7.89. The van der Waals surface area contributed by atoms with Gasteiger partial charge in [0, 0.05) is 69.0 Å². The van der Waals surface area contributed by atoms with Gasteiger partial charge in [0.05, 0.1) is 10.4 Å². The third-order valence-electron chi connectivity index (χ3n) is 7.31. The number of carbonyl (C=O) groups excluding carboxylic acids is 1. The molecule has 0 unspecified atom stereocenters. The van der Waals surface area contributed by atoms with Gasteiger partial charge in [-0.2, -0.15) is 4.31 Å². The molecule has 0 N–H and O–H groups in total. The molecule has 0 spiro atoms. The summed E-state index contributed by atoms with van der Waals surface area (Å²) in [5.41, 5.74) is 3.03. The van der Waals surface area contributed by atoms with Gasteiger partial charge in [0.2, 0.25) is 15.9 Å². The van der Waals surface area contributed by atoms with Crippen LogP contribution in [-0.2, 0) is 21.9 Å². The molecule has 2 saturated heterocycles. The normalized spacial score (nSPS) is 18.2. The predicted octanol–water partition coefficient (Wildman–Crippen LogP) is 2.84. The second-order valence-electron chi connectivity index (χ2n) is 9.48. The van der Waals surface area contributed by atoms with Crippen molar-refractivity contribution >= 4 is 44.3 Å². The Bertz CT molecular complexity index is 1470. The first-order valence-electron chi connectivity index (χ1n) is 12.0. The van der Waals surface area contributed by atoms with Gasteiger partial charge in [0.25, 0.3) is 0 Å². The van der Waals surface area contributed by atoms with E-state index in [-0.39, 0.29) is 35.4 Å². The number of oxazole rings is 1. The minimum atomic E-state index is -3.76. The summed E-state index contributed by atoms with van der Waals surface area (Å²) in [6, 6.07) is 10.3. The van der Waals surface area contributed by atoms with E-state index in [1.807, 2.05) is 23.1 Å². The number of piperidine rings is 1. The van der Waals surface area contributed by atoms with Gasteiger partial charge in [-0.1, -0.05) is 17.7 Å². The van der Waals surface area contributed by atoms with Crippen LogP contribution in [0.1, 0.15) is 18.4 Å². The Hall–Kier alpha value is -2.82. The number of sulfonamides is 1. The topological polar surface area (TPSA) is 96.1 Å². The molecule has 36 heavy (non-hydrogen) atoms. The standard InChI is InChI=1S/C25H29ClN4O5S/c1-17-3-4-19(26)15-22(17)28-11-13-29(14-12-28)24(31)18-7-9-30(10-8-18)36(33,34)20-5-6-21-23(16-20)35-25(32)27(21)2/h3-6,15-16,18H,7-14H2,1-2H3. The number of hydrogen-bond donors (Lipinski definition) is 0. The van der Waals surface area contributed by atoms with Crippen molar-refractivity contribution in [3.05, 3.63) is 57.5 Å². The number of rotatable bonds is 4. The lowest BCUT2D eigenvalue weighted by Crippen LogP contribution is -2.52. The van der Waals surface area contributed by atoms with Crippen LogP contribution in [0.15, 0.2) is 50.5 Å². The molecule has 0 bridgehead atoms. The maximum absolute atomic E-state index is 13.2. The largest absolute Gasteiger partial charge is 0.419 e. The molecule has 0 aliphatic carbocycles. The van der Waals surface area contributed by atoms with Crippen LogP contribution >= 0.6 is 11.6 Å². The third-order valence-corrected chi connectivity index (χ3v) is 9.44. The number of anilines is 1. The van der Waals surface area contributed by atoms with E-state index < -0.39 is 15.8 Å². The number of piperazine rings is 1. The van der Waals surface area contributed by atoms with E-state index in [4.69, 9.17) is 16.0 Å². The van der Waals surface area contributed by atoms with Gasteiger partial charge >= 0.3 is 5.76 Å². The van der Waals surface area contributed by atoms with E-state index in [9.17, 15) is 18.0 Å². The van der Waals surface area contributed by atoms with Gasteiger partial charge in [-0.05, 0) is 49.6 Å². The van der Waals surface area contributed by atoms with Crippen molar-refractivity contribution < 1.29 is 17.6 Å². The molecule has 2 aliphatic heterocycles. The van der Waals surface area contributed by atoms with E-state index in [0.717, 1.165) is 24.3 Å². The number of nitrogens with zero attached hydrogens (tertiary/aromatic N) is 4. The predicted molar refractivity (Wildman–Crippen MR) is 138 cm³/mol. The number of aromatic nitrogens is 1. The fourth-order valence-electron chi connectivity index (χ4n) is 5.12. The lowest BCUT2D eigenvalue weighted by atomic mass is 9.96. The Morgan fingerprint density at radius 2 is 1.69 bits per heavy atom. The highest BCUT2D eigenvalue weighted by Crippen LogP contribution is 2.29. The summed E-state index contributed by atoms with van der Waals surface area (Å²) in [5, 5.41) is 0.698. The summed E-state index contributed by atoms with van der Waals surface area (Å²) in [5.74, 6) is -0.630. The zero-order valence-corrected chi connectivity index (χ0v) is 21.9. The van der Waals surface area contributed by atoms with E-state index in [1.165, 1.54) is 21.0 Å². The van der Waals surface area contributed by atoms with Crippen LogP contribution in [-0.4, -0.2) is 67.4 Å². The molecule has 2 aliphatic rings. The molecule has 0 saturated carbocycles. The molecule has 1 amide bonds. The highest BCUT2D eigenvalue weighted by Gasteiger charge is 2.35. The minimum absolute atomic E-state index is 0.0848.